The van der Waals surface area contributed by atoms with Crippen molar-refractivity contribution in [2.75, 3.05) is 5.33 Å². The molecule has 0 aromatic heterocycles. The molecule has 7 heteroatoms. The number of rotatable bonds is 8. The van der Waals surface area contributed by atoms with E-state index in [1.54, 1.807) is 72.8 Å². The Morgan fingerprint density at radius 2 is 1.32 bits per heavy atom. The number of alkyl halides is 3. The van der Waals surface area contributed by atoms with Crippen LogP contribution in [0.5, 0.6) is 0 Å². The van der Waals surface area contributed by atoms with Gasteiger partial charge in [-0.3, -0.25) is 4.79 Å². The summed E-state index contributed by atoms with van der Waals surface area (Å²) in [5.41, 5.74) is 0.507. The molecule has 0 aliphatic heterocycles. The Hall–Kier alpha value is -1.47. The standard InChI is InChI=1S/C24H18Br3ClO3/c25-16-23(19-11-13-20(28)14-12-19,31-22(30)18-9-5-2-6-10-18)15-24(26,27)21(29)17-7-3-1-4-8-17/h1-14H,15-16H2. The third-order valence-electron chi connectivity index (χ3n) is 4.76. The van der Waals surface area contributed by atoms with Crippen LogP contribution in [-0.4, -0.2) is 20.3 Å². The van der Waals surface area contributed by atoms with Crippen molar-refractivity contribution in [3.8, 4) is 0 Å². The van der Waals surface area contributed by atoms with Gasteiger partial charge in [0.05, 0.1) is 5.56 Å². The second-order valence-corrected chi connectivity index (χ2v) is 11.7. The SMILES string of the molecule is O=C(OC(CBr)(CC(Br)(Br)C(=O)c1ccccc1)c1ccc(Cl)cc1)c1ccccc1. The number of hydrogen-bond acceptors (Lipinski definition) is 3. The average Bonchev–Trinajstić information content (AvgIpc) is 2.79. The lowest BCUT2D eigenvalue weighted by Gasteiger charge is -2.36. The van der Waals surface area contributed by atoms with E-state index in [1.807, 2.05) is 12.1 Å². The lowest BCUT2D eigenvalue weighted by Crippen LogP contribution is -2.42. The molecule has 31 heavy (non-hydrogen) atoms. The molecule has 0 saturated heterocycles. The lowest BCUT2D eigenvalue weighted by molar-refractivity contribution is -0.0136. The summed E-state index contributed by atoms with van der Waals surface area (Å²) in [6, 6.07) is 24.7. The highest BCUT2D eigenvalue weighted by molar-refractivity contribution is 9.26. The molecule has 0 radical (unpaired) electrons. The van der Waals surface area contributed by atoms with E-state index >= 15 is 0 Å². The Morgan fingerprint density at radius 1 is 0.806 bits per heavy atom. The molecule has 3 aromatic carbocycles. The minimum Gasteiger partial charge on any atom is -0.450 e. The molecule has 0 amide bonds. The maximum absolute atomic E-state index is 13.2. The van der Waals surface area contributed by atoms with Crippen molar-refractivity contribution in [1.82, 2.24) is 0 Å². The lowest BCUT2D eigenvalue weighted by atomic mass is 9.88. The third kappa shape index (κ3) is 5.86. The van der Waals surface area contributed by atoms with Crippen LogP contribution in [0.2, 0.25) is 5.02 Å². The van der Waals surface area contributed by atoms with Gasteiger partial charge in [0.1, 0.15) is 8.83 Å². The van der Waals surface area contributed by atoms with E-state index in [1.165, 1.54) is 0 Å². The van der Waals surface area contributed by atoms with Crippen molar-refractivity contribution in [1.29, 1.82) is 0 Å². The van der Waals surface area contributed by atoms with Crippen molar-refractivity contribution >= 4 is 71.1 Å². The number of halogens is 4. The van der Waals surface area contributed by atoms with Gasteiger partial charge in [0.25, 0.3) is 0 Å². The number of hydrogen-bond donors (Lipinski definition) is 0. The molecule has 3 rings (SSSR count). The van der Waals surface area contributed by atoms with Crippen molar-refractivity contribution in [2.24, 2.45) is 0 Å². The van der Waals surface area contributed by atoms with Crippen LogP contribution in [0.3, 0.4) is 0 Å². The molecule has 0 saturated carbocycles. The molecule has 0 aliphatic carbocycles. The van der Waals surface area contributed by atoms with Gasteiger partial charge in [-0.2, -0.15) is 0 Å². The zero-order chi connectivity index (χ0) is 22.5. The van der Waals surface area contributed by atoms with Crippen LogP contribution in [0.1, 0.15) is 32.7 Å². The number of ether oxygens (including phenoxy) is 1. The van der Waals surface area contributed by atoms with Gasteiger partial charge in [0.15, 0.2) is 5.78 Å². The topological polar surface area (TPSA) is 43.4 Å². The normalized spacial score (nSPS) is 13.3. The minimum atomic E-state index is -1.17. The summed E-state index contributed by atoms with van der Waals surface area (Å²) in [6.07, 6.45) is 0.124. The van der Waals surface area contributed by atoms with Crippen LogP contribution in [0.15, 0.2) is 84.9 Å². The largest absolute Gasteiger partial charge is 0.450 e. The first kappa shape index (κ1) is 24.2. The quantitative estimate of drug-likeness (QED) is 0.147. The highest BCUT2D eigenvalue weighted by Crippen LogP contribution is 2.45. The van der Waals surface area contributed by atoms with Crippen LogP contribution in [0.25, 0.3) is 0 Å². The van der Waals surface area contributed by atoms with Crippen molar-refractivity contribution in [3.63, 3.8) is 0 Å². The van der Waals surface area contributed by atoms with Gasteiger partial charge in [0.2, 0.25) is 0 Å². The molecule has 0 spiro atoms. The second-order valence-electron chi connectivity index (χ2n) is 6.97. The molecule has 3 nitrogen and oxygen atoms in total. The Morgan fingerprint density at radius 3 is 1.84 bits per heavy atom. The summed E-state index contributed by atoms with van der Waals surface area (Å²) in [5, 5.41) is 0.826. The Bertz CT molecular complexity index is 1040. The monoisotopic (exact) mass is 626 g/mol. The molecule has 1 unspecified atom stereocenters. The molecule has 0 fully saturated rings. The number of ketones is 1. The van der Waals surface area contributed by atoms with E-state index < -0.39 is 14.8 Å². The average molecular weight is 630 g/mol. The number of esters is 1. The molecular formula is C24H18Br3ClO3. The number of carbonyl (C=O) groups is 2. The third-order valence-corrected chi connectivity index (χ3v) is 7.20. The van der Waals surface area contributed by atoms with Crippen molar-refractivity contribution in [2.45, 2.75) is 15.3 Å². The first-order valence-corrected chi connectivity index (χ1v) is 12.4. The summed E-state index contributed by atoms with van der Waals surface area (Å²) in [4.78, 5) is 26.2. The summed E-state index contributed by atoms with van der Waals surface area (Å²) in [5.74, 6) is -0.666. The molecule has 1 atom stereocenters. The Labute approximate surface area is 211 Å². The van der Waals surface area contributed by atoms with E-state index in [4.69, 9.17) is 16.3 Å². The van der Waals surface area contributed by atoms with Crippen LogP contribution in [0.4, 0.5) is 0 Å². The molecule has 160 valence electrons. The zero-order valence-corrected chi connectivity index (χ0v) is 21.7. The fourth-order valence-electron chi connectivity index (χ4n) is 3.15. The first-order chi connectivity index (χ1) is 14.8. The van der Waals surface area contributed by atoms with Gasteiger partial charge in [-0.1, -0.05) is 120 Å². The van der Waals surface area contributed by atoms with E-state index in [2.05, 4.69) is 47.8 Å². The van der Waals surface area contributed by atoms with Crippen molar-refractivity contribution in [3.05, 3.63) is 107 Å². The zero-order valence-electron chi connectivity index (χ0n) is 16.2. The predicted molar refractivity (Wildman–Crippen MR) is 135 cm³/mol. The first-order valence-electron chi connectivity index (χ1n) is 9.35. The molecule has 0 heterocycles. The van der Waals surface area contributed by atoms with Crippen LogP contribution in [0, 0.1) is 0 Å². The Balaban J connectivity index is 2.01. The highest BCUT2D eigenvalue weighted by atomic mass is 79.9. The number of carbonyl (C=O) groups excluding carboxylic acids is 2. The molecule has 3 aromatic rings. The maximum Gasteiger partial charge on any atom is 0.339 e. The van der Waals surface area contributed by atoms with Gasteiger partial charge < -0.3 is 4.74 Å². The van der Waals surface area contributed by atoms with Crippen molar-refractivity contribution < 1.29 is 14.3 Å². The van der Waals surface area contributed by atoms with E-state index in [-0.39, 0.29) is 17.5 Å². The molecular weight excluding hydrogens is 611 g/mol. The van der Waals surface area contributed by atoms with Crippen LogP contribution < -0.4 is 0 Å². The summed E-state index contributed by atoms with van der Waals surface area (Å²) >= 11 is 16.7. The molecule has 0 N–H and O–H groups in total. The summed E-state index contributed by atoms with van der Waals surface area (Å²) < 4.78 is 4.91. The van der Waals surface area contributed by atoms with Gasteiger partial charge in [-0.05, 0) is 29.8 Å². The van der Waals surface area contributed by atoms with Gasteiger partial charge in [-0.15, -0.1) is 0 Å². The maximum atomic E-state index is 13.2. The smallest absolute Gasteiger partial charge is 0.339 e. The van der Waals surface area contributed by atoms with E-state index in [0.717, 1.165) is 0 Å². The van der Waals surface area contributed by atoms with Gasteiger partial charge in [0, 0.05) is 22.3 Å². The predicted octanol–water partition coefficient (Wildman–Crippen LogP) is 7.55. The fraction of sp³-hybridized carbons (Fsp3) is 0.167. The van der Waals surface area contributed by atoms with Gasteiger partial charge >= 0.3 is 5.97 Å². The van der Waals surface area contributed by atoms with Gasteiger partial charge in [-0.25, -0.2) is 4.79 Å². The summed E-state index contributed by atoms with van der Waals surface area (Å²) in [7, 11) is 0. The molecule has 0 aliphatic rings. The van der Waals surface area contributed by atoms with E-state index in [9.17, 15) is 9.59 Å². The molecule has 0 bridgehead atoms. The Kier molecular flexibility index (Phi) is 8.14. The minimum absolute atomic E-state index is 0.124. The summed E-state index contributed by atoms with van der Waals surface area (Å²) in [6.45, 7) is 0. The highest BCUT2D eigenvalue weighted by Gasteiger charge is 2.46. The second kappa shape index (κ2) is 10.4. The van der Waals surface area contributed by atoms with Crippen LogP contribution >= 0.6 is 59.4 Å². The van der Waals surface area contributed by atoms with E-state index in [0.29, 0.717) is 21.7 Å². The van der Waals surface area contributed by atoms with Crippen LogP contribution in [-0.2, 0) is 10.3 Å². The number of Topliss-reactive ketones (excluding diaryl/α,β-unsaturated/α-hetero) is 1. The number of benzene rings is 3. The fourth-order valence-corrected chi connectivity index (χ4v) is 5.28.